The van der Waals surface area contributed by atoms with E-state index in [1.165, 1.54) is 4.90 Å². The van der Waals surface area contributed by atoms with Gasteiger partial charge in [0.1, 0.15) is 43.7 Å². The van der Waals surface area contributed by atoms with Crippen LogP contribution in [0.25, 0.3) is 0 Å². The van der Waals surface area contributed by atoms with Gasteiger partial charge in [-0.25, -0.2) is 19.2 Å². The Morgan fingerprint density at radius 2 is 1.11 bits per heavy atom. The number of ether oxygens (including phenoxy) is 5. The quantitative estimate of drug-likeness (QED) is 0.0214. The minimum Gasteiger partial charge on any atom is -0.466 e. The SMILES string of the molecule is CCCCOC(=O)CCN1CCN(CC2CN(c3ccc(C(=N)NC(=O)OCc4ccccc4)cc3)C(=O)O2)CC1.CS(=O)(=O)OCC1CN(c2ccc(C(=N)NC(=O)OCc3ccccc3)cc2)C(=O)O1. The van der Waals surface area contributed by atoms with Crippen molar-refractivity contribution in [2.24, 2.45) is 0 Å². The van der Waals surface area contributed by atoms with E-state index in [0.717, 1.165) is 56.4 Å². The van der Waals surface area contributed by atoms with Gasteiger partial charge in [-0.15, -0.1) is 0 Å². The predicted octanol–water partition coefficient (Wildman–Crippen LogP) is 5.85. The number of nitrogens with one attached hydrogen (secondary N) is 4. The highest BCUT2D eigenvalue weighted by molar-refractivity contribution is 7.86. The molecule has 4 amide bonds. The van der Waals surface area contributed by atoms with Gasteiger partial charge in [-0.2, -0.15) is 8.42 Å². The summed E-state index contributed by atoms with van der Waals surface area (Å²) in [7, 11) is -3.63. The van der Waals surface area contributed by atoms with Crippen LogP contribution in [-0.4, -0.2) is 144 Å². The number of carbonyl (C=O) groups is 5. The molecule has 0 saturated carbocycles. The Labute approximate surface area is 418 Å². The molecule has 4 N–H and O–H groups in total. The summed E-state index contributed by atoms with van der Waals surface area (Å²) in [4.78, 5) is 67.9. The van der Waals surface area contributed by atoms with Crippen molar-refractivity contribution in [3.63, 3.8) is 0 Å². The van der Waals surface area contributed by atoms with Crippen molar-refractivity contribution in [3.8, 4) is 0 Å². The lowest BCUT2D eigenvalue weighted by atomic mass is 10.1. The number of amides is 4. The Balaban J connectivity index is 0.000000245. The van der Waals surface area contributed by atoms with Gasteiger partial charge in [0.25, 0.3) is 10.1 Å². The van der Waals surface area contributed by atoms with Crippen molar-refractivity contribution in [2.45, 2.75) is 51.6 Å². The molecule has 3 fully saturated rings. The second-order valence-corrected chi connectivity index (χ2v) is 18.5. The third-order valence-electron chi connectivity index (χ3n) is 11.4. The second kappa shape index (κ2) is 26.7. The number of anilines is 2. The van der Waals surface area contributed by atoms with Crippen molar-refractivity contribution in [1.82, 2.24) is 20.4 Å². The molecule has 22 heteroatoms. The first-order chi connectivity index (χ1) is 34.6. The Kier molecular flexibility index (Phi) is 20.0. The third-order valence-corrected chi connectivity index (χ3v) is 11.9. The Hall–Kier alpha value is -7.40. The first kappa shape index (κ1) is 53.9. The van der Waals surface area contributed by atoms with E-state index < -0.39 is 40.6 Å². The molecule has 21 nitrogen and oxygen atoms in total. The number of alkyl carbamates (subject to hydrolysis) is 2. The molecule has 4 aromatic rings. The molecule has 3 aliphatic rings. The number of cyclic esters (lactones) is 2. The first-order valence-electron chi connectivity index (χ1n) is 23.4. The van der Waals surface area contributed by atoms with Crippen LogP contribution in [0.4, 0.5) is 30.6 Å². The smallest absolute Gasteiger partial charge is 0.414 e. The van der Waals surface area contributed by atoms with E-state index in [1.54, 1.807) is 53.4 Å². The first-order valence-corrected chi connectivity index (χ1v) is 25.2. The molecule has 3 saturated heterocycles. The average Bonchev–Trinajstić information content (AvgIpc) is 3.95. The zero-order valence-electron chi connectivity index (χ0n) is 40.2. The van der Waals surface area contributed by atoms with Gasteiger partial charge < -0.3 is 28.6 Å². The molecule has 72 heavy (non-hydrogen) atoms. The standard InChI is InChI=1S/C30H39N5O6.C20H21N3O7S/c1-2-3-19-39-27(36)13-14-33-15-17-34(18-16-33)20-26-21-35(30(38)41-26)25-11-9-24(10-12-25)28(31)32-29(37)40-22-23-7-5-4-6-8-23;1-31(26,27)29-13-17-11-23(20(25)30-17)16-9-7-15(8-10-16)18(21)22-19(24)28-12-14-5-3-2-4-6-14/h4-12,26H,2-3,13-22H2,1H3,(H2,31,32,37);2-10,17H,11-13H2,1H3,(H2,21,22,24). The number of benzene rings is 4. The zero-order chi connectivity index (χ0) is 51.5. The normalized spacial score (nSPS) is 16.9. The van der Waals surface area contributed by atoms with E-state index in [1.807, 2.05) is 60.7 Å². The average molecular weight is 1010 g/mol. The second-order valence-electron chi connectivity index (χ2n) is 16.9. The van der Waals surface area contributed by atoms with Crippen LogP contribution in [-0.2, 0) is 56.0 Å². The summed E-state index contributed by atoms with van der Waals surface area (Å²) in [5.74, 6) is -0.390. The summed E-state index contributed by atoms with van der Waals surface area (Å²) in [6, 6.07) is 31.6. The van der Waals surface area contributed by atoms with Crippen LogP contribution in [0.5, 0.6) is 0 Å². The molecular weight excluding hydrogens is 953 g/mol. The van der Waals surface area contributed by atoms with E-state index in [-0.39, 0.29) is 50.1 Å². The van der Waals surface area contributed by atoms with Gasteiger partial charge in [0.2, 0.25) is 0 Å². The Morgan fingerprint density at radius 3 is 1.58 bits per heavy atom. The molecule has 0 bridgehead atoms. The summed E-state index contributed by atoms with van der Waals surface area (Å²) >= 11 is 0. The maximum absolute atomic E-state index is 12.6. The van der Waals surface area contributed by atoms with Crippen LogP contribution in [0.15, 0.2) is 109 Å². The van der Waals surface area contributed by atoms with Crippen LogP contribution in [0.1, 0.15) is 48.4 Å². The number of unbranched alkanes of at least 4 members (excludes halogenated alkanes) is 1. The fraction of sp³-hybridized carbons (Fsp3) is 0.380. The van der Waals surface area contributed by atoms with Gasteiger partial charge in [-0.1, -0.05) is 74.0 Å². The fourth-order valence-electron chi connectivity index (χ4n) is 7.46. The largest absolute Gasteiger partial charge is 0.466 e. The van der Waals surface area contributed by atoms with Crippen molar-refractivity contribution in [1.29, 1.82) is 10.8 Å². The summed E-state index contributed by atoms with van der Waals surface area (Å²) < 4.78 is 53.0. The topological polar surface area (TPSA) is 260 Å². The highest BCUT2D eigenvalue weighted by atomic mass is 32.2. The summed E-state index contributed by atoms with van der Waals surface area (Å²) in [6.45, 7) is 7.79. The lowest BCUT2D eigenvalue weighted by Gasteiger charge is -2.35. The van der Waals surface area contributed by atoms with Crippen LogP contribution < -0.4 is 20.4 Å². The number of amidine groups is 2. The number of carbonyl (C=O) groups excluding carboxylic acids is 5. The number of rotatable bonds is 19. The van der Waals surface area contributed by atoms with Gasteiger partial charge in [-0.3, -0.25) is 45.1 Å². The van der Waals surface area contributed by atoms with Gasteiger partial charge >= 0.3 is 30.3 Å². The van der Waals surface area contributed by atoms with Crippen LogP contribution in [0.2, 0.25) is 0 Å². The van der Waals surface area contributed by atoms with Crippen molar-refractivity contribution in [2.75, 3.05) is 81.6 Å². The minimum atomic E-state index is -3.63. The fourth-order valence-corrected chi connectivity index (χ4v) is 7.86. The molecular formula is C50H60N8O13S. The summed E-state index contributed by atoms with van der Waals surface area (Å²) in [5.41, 5.74) is 3.73. The molecule has 3 aliphatic heterocycles. The molecule has 0 aromatic heterocycles. The van der Waals surface area contributed by atoms with Gasteiger partial charge in [0, 0.05) is 61.8 Å². The molecule has 2 unspecified atom stereocenters. The highest BCUT2D eigenvalue weighted by Gasteiger charge is 2.35. The molecule has 0 aliphatic carbocycles. The van der Waals surface area contributed by atoms with Gasteiger partial charge in [0.05, 0.1) is 32.4 Å². The summed E-state index contributed by atoms with van der Waals surface area (Å²) in [6.07, 6.45) is -0.235. The molecule has 7 rings (SSSR count). The lowest BCUT2D eigenvalue weighted by Crippen LogP contribution is -2.49. The Bertz CT molecular complexity index is 2580. The maximum atomic E-state index is 12.6. The molecule has 4 aromatic carbocycles. The number of hydrogen-bond acceptors (Lipinski definition) is 17. The van der Waals surface area contributed by atoms with E-state index in [9.17, 15) is 32.4 Å². The molecule has 0 spiro atoms. The molecule has 2 atom stereocenters. The van der Waals surface area contributed by atoms with E-state index in [2.05, 4.69) is 31.5 Å². The van der Waals surface area contributed by atoms with Crippen LogP contribution >= 0.6 is 0 Å². The van der Waals surface area contributed by atoms with Crippen LogP contribution in [0, 0.1) is 10.8 Å². The van der Waals surface area contributed by atoms with E-state index in [4.69, 9.17) is 34.5 Å². The van der Waals surface area contributed by atoms with Crippen LogP contribution in [0.3, 0.4) is 0 Å². The predicted molar refractivity (Wildman–Crippen MR) is 265 cm³/mol. The minimum absolute atomic E-state index is 0.0835. The number of piperazine rings is 1. The number of nitrogens with zero attached hydrogens (tertiary/aromatic N) is 4. The summed E-state index contributed by atoms with van der Waals surface area (Å²) in [5, 5.41) is 21.0. The van der Waals surface area contributed by atoms with Gasteiger partial charge in [0.15, 0.2) is 0 Å². The monoisotopic (exact) mass is 1010 g/mol. The van der Waals surface area contributed by atoms with Crippen molar-refractivity contribution >= 4 is 63.5 Å². The van der Waals surface area contributed by atoms with Crippen molar-refractivity contribution < 1.29 is 60.3 Å². The molecule has 3 heterocycles. The molecule has 384 valence electrons. The van der Waals surface area contributed by atoms with E-state index in [0.29, 0.717) is 55.2 Å². The van der Waals surface area contributed by atoms with E-state index >= 15 is 0 Å². The van der Waals surface area contributed by atoms with Gasteiger partial charge in [-0.05, 0) is 66.1 Å². The zero-order valence-corrected chi connectivity index (χ0v) is 41.0. The number of hydrogen-bond donors (Lipinski definition) is 4. The third kappa shape index (κ3) is 17.5. The maximum Gasteiger partial charge on any atom is 0.414 e. The number of esters is 1. The lowest BCUT2D eigenvalue weighted by molar-refractivity contribution is -0.144. The van der Waals surface area contributed by atoms with Crippen molar-refractivity contribution in [3.05, 3.63) is 131 Å². The highest BCUT2D eigenvalue weighted by Crippen LogP contribution is 2.24. The molecule has 0 radical (unpaired) electrons. The Morgan fingerprint density at radius 1 is 0.653 bits per heavy atom.